The highest BCUT2D eigenvalue weighted by atomic mass is 15.3. The zero-order valence-corrected chi connectivity index (χ0v) is 9.00. The lowest BCUT2D eigenvalue weighted by atomic mass is 9.98. The van der Waals surface area contributed by atoms with Gasteiger partial charge in [-0.05, 0) is 36.6 Å². The standard InChI is InChI=1S/C12H14N4/c1-3-12(16-9-14-8-15-16)4-2-10(1)11-5-6-13-7-11/h1-4,8-9,11,13H,5-7H2. The number of aromatic nitrogens is 3. The second kappa shape index (κ2) is 4.06. The van der Waals surface area contributed by atoms with Crippen molar-refractivity contribution in [3.63, 3.8) is 0 Å². The summed E-state index contributed by atoms with van der Waals surface area (Å²) in [5.41, 5.74) is 2.47. The van der Waals surface area contributed by atoms with Crippen LogP contribution in [0.4, 0.5) is 0 Å². The molecule has 1 N–H and O–H groups in total. The molecule has 0 bridgehead atoms. The van der Waals surface area contributed by atoms with Crippen LogP contribution in [0.15, 0.2) is 36.9 Å². The zero-order chi connectivity index (χ0) is 10.8. The molecule has 0 radical (unpaired) electrons. The Morgan fingerprint density at radius 2 is 2.12 bits per heavy atom. The normalized spacial score (nSPS) is 20.1. The minimum Gasteiger partial charge on any atom is -0.316 e. The second-order valence-electron chi connectivity index (χ2n) is 4.12. The van der Waals surface area contributed by atoms with Crippen LogP contribution < -0.4 is 5.32 Å². The van der Waals surface area contributed by atoms with Gasteiger partial charge in [0.25, 0.3) is 0 Å². The Hall–Kier alpha value is -1.68. The van der Waals surface area contributed by atoms with Crippen molar-refractivity contribution in [2.24, 2.45) is 0 Å². The quantitative estimate of drug-likeness (QED) is 0.820. The van der Waals surface area contributed by atoms with Crippen molar-refractivity contribution in [1.82, 2.24) is 20.1 Å². The average molecular weight is 214 g/mol. The van der Waals surface area contributed by atoms with Crippen LogP contribution in [0.1, 0.15) is 17.9 Å². The SMILES string of the molecule is c1ncn(-c2ccc(C3CCNC3)cc2)n1. The van der Waals surface area contributed by atoms with Crippen LogP contribution in [0.2, 0.25) is 0 Å². The van der Waals surface area contributed by atoms with E-state index in [0.29, 0.717) is 5.92 Å². The molecule has 2 heterocycles. The van der Waals surface area contributed by atoms with Crippen LogP contribution >= 0.6 is 0 Å². The highest BCUT2D eigenvalue weighted by Gasteiger charge is 2.16. The molecule has 4 nitrogen and oxygen atoms in total. The van der Waals surface area contributed by atoms with Crippen molar-refractivity contribution in [3.8, 4) is 5.69 Å². The van der Waals surface area contributed by atoms with Crippen molar-refractivity contribution in [1.29, 1.82) is 0 Å². The molecule has 1 unspecified atom stereocenters. The molecular weight excluding hydrogens is 200 g/mol. The predicted octanol–water partition coefficient (Wildman–Crippen LogP) is 1.34. The van der Waals surface area contributed by atoms with Gasteiger partial charge in [-0.3, -0.25) is 0 Å². The maximum absolute atomic E-state index is 4.11. The molecule has 1 aromatic carbocycles. The van der Waals surface area contributed by atoms with E-state index in [1.807, 2.05) is 0 Å². The summed E-state index contributed by atoms with van der Waals surface area (Å²) in [7, 11) is 0. The van der Waals surface area contributed by atoms with Gasteiger partial charge in [0, 0.05) is 6.54 Å². The second-order valence-corrected chi connectivity index (χ2v) is 4.12. The first-order valence-electron chi connectivity index (χ1n) is 5.59. The van der Waals surface area contributed by atoms with E-state index in [9.17, 15) is 0 Å². The van der Waals surface area contributed by atoms with Crippen LogP contribution in [0.5, 0.6) is 0 Å². The number of hydrogen-bond acceptors (Lipinski definition) is 3. The summed E-state index contributed by atoms with van der Waals surface area (Å²) in [6.45, 7) is 2.23. The first kappa shape index (κ1) is 9.54. The summed E-state index contributed by atoms with van der Waals surface area (Å²) in [6, 6.07) is 8.58. The summed E-state index contributed by atoms with van der Waals surface area (Å²) in [6.07, 6.45) is 4.50. The molecule has 0 amide bonds. The molecule has 1 aliphatic rings. The largest absolute Gasteiger partial charge is 0.316 e. The lowest BCUT2D eigenvalue weighted by Crippen LogP contribution is -2.08. The first-order chi connectivity index (χ1) is 7.93. The van der Waals surface area contributed by atoms with Crippen LogP contribution in [0.3, 0.4) is 0 Å². The number of hydrogen-bond donors (Lipinski definition) is 1. The van der Waals surface area contributed by atoms with E-state index in [1.165, 1.54) is 12.0 Å². The molecule has 2 aromatic rings. The molecule has 0 saturated carbocycles. The summed E-state index contributed by atoms with van der Waals surface area (Å²) >= 11 is 0. The van der Waals surface area contributed by atoms with E-state index in [1.54, 1.807) is 17.3 Å². The average Bonchev–Trinajstić information content (AvgIpc) is 3.03. The number of benzene rings is 1. The van der Waals surface area contributed by atoms with Crippen molar-refractivity contribution in [2.45, 2.75) is 12.3 Å². The molecular formula is C12H14N4. The van der Waals surface area contributed by atoms with Gasteiger partial charge in [0.1, 0.15) is 12.7 Å². The van der Waals surface area contributed by atoms with Crippen LogP contribution in [-0.4, -0.2) is 27.9 Å². The minimum atomic E-state index is 0.671. The molecule has 1 aliphatic heterocycles. The number of rotatable bonds is 2. The molecule has 1 aromatic heterocycles. The monoisotopic (exact) mass is 214 g/mol. The fourth-order valence-electron chi connectivity index (χ4n) is 2.18. The Labute approximate surface area is 94.3 Å². The van der Waals surface area contributed by atoms with Gasteiger partial charge < -0.3 is 5.32 Å². The van der Waals surface area contributed by atoms with E-state index in [0.717, 1.165) is 18.8 Å². The first-order valence-corrected chi connectivity index (χ1v) is 5.59. The van der Waals surface area contributed by atoms with Gasteiger partial charge >= 0.3 is 0 Å². The summed E-state index contributed by atoms with van der Waals surface area (Å²) < 4.78 is 1.77. The third kappa shape index (κ3) is 1.72. The third-order valence-electron chi connectivity index (χ3n) is 3.11. The van der Waals surface area contributed by atoms with E-state index < -0.39 is 0 Å². The molecule has 1 fully saturated rings. The lowest BCUT2D eigenvalue weighted by Gasteiger charge is -2.09. The van der Waals surface area contributed by atoms with Crippen LogP contribution in [0.25, 0.3) is 5.69 Å². The number of nitrogens with zero attached hydrogens (tertiary/aromatic N) is 3. The van der Waals surface area contributed by atoms with E-state index in [4.69, 9.17) is 0 Å². The van der Waals surface area contributed by atoms with Crippen molar-refractivity contribution >= 4 is 0 Å². The molecule has 3 rings (SSSR count). The molecule has 82 valence electrons. The van der Waals surface area contributed by atoms with Crippen molar-refractivity contribution in [2.75, 3.05) is 13.1 Å². The van der Waals surface area contributed by atoms with Gasteiger partial charge in [0.05, 0.1) is 5.69 Å². The summed E-state index contributed by atoms with van der Waals surface area (Å²) in [5.74, 6) is 0.671. The molecule has 0 aliphatic carbocycles. The van der Waals surface area contributed by atoms with Gasteiger partial charge in [-0.1, -0.05) is 12.1 Å². The topological polar surface area (TPSA) is 42.7 Å². The molecule has 4 heteroatoms. The molecule has 1 saturated heterocycles. The fourth-order valence-corrected chi connectivity index (χ4v) is 2.18. The molecule has 1 atom stereocenters. The fraction of sp³-hybridized carbons (Fsp3) is 0.333. The van der Waals surface area contributed by atoms with Gasteiger partial charge in [0.2, 0.25) is 0 Å². The van der Waals surface area contributed by atoms with Gasteiger partial charge in [-0.2, -0.15) is 5.10 Å². The Morgan fingerprint density at radius 3 is 2.75 bits per heavy atom. The lowest BCUT2D eigenvalue weighted by molar-refractivity contribution is 0.762. The highest BCUT2D eigenvalue weighted by Crippen LogP contribution is 2.22. The Morgan fingerprint density at radius 1 is 1.25 bits per heavy atom. The third-order valence-corrected chi connectivity index (χ3v) is 3.11. The predicted molar refractivity (Wildman–Crippen MR) is 61.6 cm³/mol. The Kier molecular flexibility index (Phi) is 2.42. The Bertz CT molecular complexity index is 440. The zero-order valence-electron chi connectivity index (χ0n) is 9.00. The van der Waals surface area contributed by atoms with Crippen molar-refractivity contribution in [3.05, 3.63) is 42.5 Å². The maximum atomic E-state index is 4.11. The molecule has 16 heavy (non-hydrogen) atoms. The van der Waals surface area contributed by atoms with E-state index in [2.05, 4.69) is 39.7 Å². The Balaban J connectivity index is 1.84. The van der Waals surface area contributed by atoms with Crippen LogP contribution in [-0.2, 0) is 0 Å². The van der Waals surface area contributed by atoms with Crippen molar-refractivity contribution < 1.29 is 0 Å². The minimum absolute atomic E-state index is 0.671. The van der Waals surface area contributed by atoms with Gasteiger partial charge in [-0.25, -0.2) is 9.67 Å². The summed E-state index contributed by atoms with van der Waals surface area (Å²) in [4.78, 5) is 3.94. The number of nitrogens with one attached hydrogen (secondary N) is 1. The van der Waals surface area contributed by atoms with Crippen LogP contribution in [0, 0.1) is 0 Å². The molecule has 0 spiro atoms. The van der Waals surface area contributed by atoms with Gasteiger partial charge in [0.15, 0.2) is 0 Å². The summed E-state index contributed by atoms with van der Waals surface area (Å²) in [5, 5.41) is 7.49. The maximum Gasteiger partial charge on any atom is 0.138 e. The highest BCUT2D eigenvalue weighted by molar-refractivity contribution is 5.35. The van der Waals surface area contributed by atoms with E-state index >= 15 is 0 Å². The van der Waals surface area contributed by atoms with E-state index in [-0.39, 0.29) is 0 Å². The smallest absolute Gasteiger partial charge is 0.138 e. The van der Waals surface area contributed by atoms with Gasteiger partial charge in [-0.15, -0.1) is 0 Å².